The average Bonchev–Trinajstić information content (AvgIpc) is 2.44. The van der Waals surface area contributed by atoms with Crippen LogP contribution in [0.2, 0.25) is 0 Å². The van der Waals surface area contributed by atoms with Gasteiger partial charge in [-0.05, 0) is 49.7 Å². The van der Waals surface area contributed by atoms with Crippen molar-refractivity contribution in [1.82, 2.24) is 0 Å². The van der Waals surface area contributed by atoms with E-state index in [0.717, 1.165) is 12.7 Å². The largest absolute Gasteiger partial charge is 0.374 e. The Morgan fingerprint density at radius 1 is 1.45 bits per heavy atom. The first-order valence-corrected chi connectivity index (χ1v) is 7.36. The van der Waals surface area contributed by atoms with Crippen molar-refractivity contribution in [3.05, 3.63) is 47.5 Å². The minimum absolute atomic E-state index is 0.122. The summed E-state index contributed by atoms with van der Waals surface area (Å²) >= 11 is 0. The molecule has 20 heavy (non-hydrogen) atoms. The first-order valence-electron chi connectivity index (χ1n) is 7.36. The molecule has 0 bridgehead atoms. The lowest BCUT2D eigenvalue weighted by atomic mass is 9.56. The Morgan fingerprint density at radius 3 is 2.70 bits per heavy atom. The molecule has 1 fully saturated rings. The molecule has 108 valence electrons. The standard InChI is InChI=1S/C18H24O2/c1-14(10-12-19)18(3)11-9-17(18)15(2)20-13-16-7-5-4-6-8-16/h4-8,10,12,15,17H,9,11,13H2,1-3H3/b14-10+/t15-,17-,18-/m1/s1. The quantitative estimate of drug-likeness (QED) is 0.574. The maximum absolute atomic E-state index is 10.7. The van der Waals surface area contributed by atoms with E-state index in [-0.39, 0.29) is 11.5 Å². The van der Waals surface area contributed by atoms with E-state index in [1.807, 2.05) is 18.2 Å². The monoisotopic (exact) mass is 272 g/mol. The molecule has 1 saturated carbocycles. The Morgan fingerprint density at radius 2 is 2.15 bits per heavy atom. The number of carbonyl (C=O) groups is 1. The summed E-state index contributed by atoms with van der Waals surface area (Å²) in [5.41, 5.74) is 2.51. The number of ether oxygens (including phenoxy) is 1. The van der Waals surface area contributed by atoms with Crippen LogP contribution in [0.3, 0.4) is 0 Å². The van der Waals surface area contributed by atoms with Gasteiger partial charge in [0.1, 0.15) is 6.29 Å². The van der Waals surface area contributed by atoms with Crippen LogP contribution < -0.4 is 0 Å². The molecule has 3 atom stereocenters. The molecule has 0 spiro atoms. The zero-order chi connectivity index (χ0) is 14.6. The van der Waals surface area contributed by atoms with Gasteiger partial charge >= 0.3 is 0 Å². The zero-order valence-electron chi connectivity index (χ0n) is 12.6. The molecule has 0 amide bonds. The Hall–Kier alpha value is -1.41. The smallest absolute Gasteiger partial charge is 0.142 e. The van der Waals surface area contributed by atoms with E-state index in [2.05, 4.69) is 32.9 Å². The van der Waals surface area contributed by atoms with Crippen LogP contribution in [0.25, 0.3) is 0 Å². The van der Waals surface area contributed by atoms with Crippen molar-refractivity contribution in [3.8, 4) is 0 Å². The summed E-state index contributed by atoms with van der Waals surface area (Å²) < 4.78 is 6.04. The van der Waals surface area contributed by atoms with E-state index in [9.17, 15) is 4.79 Å². The summed E-state index contributed by atoms with van der Waals surface area (Å²) in [6, 6.07) is 10.3. The van der Waals surface area contributed by atoms with E-state index in [4.69, 9.17) is 4.74 Å². The summed E-state index contributed by atoms with van der Waals surface area (Å²) in [6.45, 7) is 7.12. The van der Waals surface area contributed by atoms with Crippen LogP contribution in [0.4, 0.5) is 0 Å². The molecular formula is C18H24O2. The molecule has 1 aromatic rings. The first kappa shape index (κ1) is 15.0. The topological polar surface area (TPSA) is 26.3 Å². The van der Waals surface area contributed by atoms with E-state index >= 15 is 0 Å². The SMILES string of the molecule is C/C(=C\C=O)[C@@]1(C)CC[C@@H]1[C@@H](C)OCc1ccccc1. The molecule has 0 aromatic heterocycles. The summed E-state index contributed by atoms with van der Waals surface area (Å²) in [5, 5.41) is 0. The lowest BCUT2D eigenvalue weighted by Gasteiger charge is -2.50. The molecule has 1 aromatic carbocycles. The highest BCUT2D eigenvalue weighted by atomic mass is 16.5. The minimum atomic E-state index is 0.122. The van der Waals surface area contributed by atoms with Crippen molar-refractivity contribution >= 4 is 6.29 Å². The first-order chi connectivity index (χ1) is 9.58. The van der Waals surface area contributed by atoms with Gasteiger partial charge < -0.3 is 4.74 Å². The van der Waals surface area contributed by atoms with Crippen molar-refractivity contribution in [2.75, 3.05) is 0 Å². The van der Waals surface area contributed by atoms with Gasteiger partial charge in [0, 0.05) is 0 Å². The van der Waals surface area contributed by atoms with Crippen molar-refractivity contribution in [2.24, 2.45) is 11.3 Å². The van der Waals surface area contributed by atoms with E-state index in [1.165, 1.54) is 17.6 Å². The third-order valence-electron chi connectivity index (χ3n) is 4.93. The molecule has 0 saturated heterocycles. The van der Waals surface area contributed by atoms with Crippen LogP contribution in [0.5, 0.6) is 0 Å². The van der Waals surface area contributed by atoms with Crippen LogP contribution in [-0.4, -0.2) is 12.4 Å². The minimum Gasteiger partial charge on any atom is -0.374 e. The Balaban J connectivity index is 1.94. The van der Waals surface area contributed by atoms with Gasteiger partial charge in [0.15, 0.2) is 0 Å². The van der Waals surface area contributed by atoms with Gasteiger partial charge in [0.25, 0.3) is 0 Å². The fourth-order valence-corrected chi connectivity index (χ4v) is 3.20. The third kappa shape index (κ3) is 3.01. The highest BCUT2D eigenvalue weighted by Crippen LogP contribution is 2.53. The number of benzene rings is 1. The van der Waals surface area contributed by atoms with Crippen molar-refractivity contribution in [1.29, 1.82) is 0 Å². The maximum atomic E-state index is 10.7. The molecule has 1 aliphatic carbocycles. The number of allylic oxidation sites excluding steroid dienone is 2. The fraction of sp³-hybridized carbons (Fsp3) is 0.500. The third-order valence-corrected chi connectivity index (χ3v) is 4.93. The predicted molar refractivity (Wildman–Crippen MR) is 81.3 cm³/mol. The number of carbonyl (C=O) groups excluding carboxylic acids is 1. The Kier molecular flexibility index (Phi) is 4.77. The van der Waals surface area contributed by atoms with Crippen LogP contribution in [0, 0.1) is 11.3 Å². The fourth-order valence-electron chi connectivity index (χ4n) is 3.20. The van der Waals surface area contributed by atoms with Crippen molar-refractivity contribution in [3.63, 3.8) is 0 Å². The highest BCUT2D eigenvalue weighted by molar-refractivity contribution is 5.66. The van der Waals surface area contributed by atoms with Gasteiger partial charge in [-0.3, -0.25) is 4.79 Å². The summed E-state index contributed by atoms with van der Waals surface area (Å²) in [4.78, 5) is 10.7. The van der Waals surface area contributed by atoms with Gasteiger partial charge in [-0.2, -0.15) is 0 Å². The molecule has 0 heterocycles. The summed E-state index contributed by atoms with van der Waals surface area (Å²) in [6.07, 6.45) is 5.13. The maximum Gasteiger partial charge on any atom is 0.142 e. The number of aldehydes is 1. The van der Waals surface area contributed by atoms with E-state index < -0.39 is 0 Å². The Bertz CT molecular complexity index is 477. The lowest BCUT2D eigenvalue weighted by Crippen LogP contribution is -2.45. The van der Waals surface area contributed by atoms with Crippen LogP contribution in [0.1, 0.15) is 39.2 Å². The second-order valence-electron chi connectivity index (χ2n) is 6.05. The van der Waals surface area contributed by atoms with Gasteiger partial charge in [-0.15, -0.1) is 0 Å². The molecule has 2 heteroatoms. The molecule has 1 aliphatic rings. The van der Waals surface area contributed by atoms with Gasteiger partial charge in [-0.1, -0.05) is 42.8 Å². The second kappa shape index (κ2) is 6.36. The molecular weight excluding hydrogens is 248 g/mol. The molecule has 0 N–H and O–H groups in total. The average molecular weight is 272 g/mol. The molecule has 0 aliphatic heterocycles. The van der Waals surface area contributed by atoms with E-state index in [0.29, 0.717) is 12.5 Å². The normalized spacial score (nSPS) is 27.8. The second-order valence-corrected chi connectivity index (χ2v) is 6.05. The summed E-state index contributed by atoms with van der Waals surface area (Å²) in [7, 11) is 0. The predicted octanol–water partition coefficient (Wildman–Crippen LogP) is 4.15. The van der Waals surface area contributed by atoms with Crippen LogP contribution in [-0.2, 0) is 16.1 Å². The molecule has 0 radical (unpaired) electrons. The van der Waals surface area contributed by atoms with Gasteiger partial charge in [0.05, 0.1) is 12.7 Å². The van der Waals surface area contributed by atoms with Gasteiger partial charge in [0.2, 0.25) is 0 Å². The molecule has 0 unspecified atom stereocenters. The van der Waals surface area contributed by atoms with Gasteiger partial charge in [-0.25, -0.2) is 0 Å². The number of hydrogen-bond donors (Lipinski definition) is 0. The molecule has 2 nitrogen and oxygen atoms in total. The van der Waals surface area contributed by atoms with E-state index in [1.54, 1.807) is 6.08 Å². The Labute approximate surface area is 121 Å². The number of rotatable bonds is 6. The van der Waals surface area contributed by atoms with Crippen LogP contribution >= 0.6 is 0 Å². The molecule has 2 rings (SSSR count). The zero-order valence-corrected chi connectivity index (χ0v) is 12.6. The summed E-state index contributed by atoms with van der Waals surface area (Å²) in [5.74, 6) is 0.502. The van der Waals surface area contributed by atoms with Crippen molar-refractivity contribution in [2.45, 2.75) is 46.3 Å². The highest BCUT2D eigenvalue weighted by Gasteiger charge is 2.46. The van der Waals surface area contributed by atoms with Crippen molar-refractivity contribution < 1.29 is 9.53 Å². The number of hydrogen-bond acceptors (Lipinski definition) is 2. The lowest BCUT2D eigenvalue weighted by molar-refractivity contribution is -0.104. The van der Waals surface area contributed by atoms with Crippen LogP contribution in [0.15, 0.2) is 42.0 Å².